The van der Waals surface area contributed by atoms with Gasteiger partial charge in [0.05, 0.1) is 0 Å². The van der Waals surface area contributed by atoms with Crippen molar-refractivity contribution in [1.29, 1.82) is 0 Å². The predicted octanol–water partition coefficient (Wildman–Crippen LogP) is 1.30. The Labute approximate surface area is 110 Å². The first-order valence-corrected chi connectivity index (χ1v) is 6.83. The van der Waals surface area contributed by atoms with E-state index < -0.39 is 7.12 Å². The van der Waals surface area contributed by atoms with Gasteiger partial charge < -0.3 is 14.9 Å². The Morgan fingerprint density at radius 2 is 1.94 bits per heavy atom. The van der Waals surface area contributed by atoms with Crippen LogP contribution in [0.25, 0.3) is 0 Å². The number of benzene rings is 1. The van der Waals surface area contributed by atoms with E-state index in [9.17, 15) is 10.0 Å². The summed E-state index contributed by atoms with van der Waals surface area (Å²) in [6.07, 6.45) is 3.65. The average Bonchev–Trinajstić information content (AvgIpc) is 2.38. The highest BCUT2D eigenvalue weighted by atomic mass is 16.4. The molecule has 1 saturated heterocycles. The Hall–Kier alpha value is -0.995. The van der Waals surface area contributed by atoms with Crippen LogP contribution < -0.4 is 10.4 Å². The Morgan fingerprint density at radius 3 is 2.50 bits per heavy atom. The maximum absolute atomic E-state index is 9.45. The number of aryl methyl sites for hydroxylation is 1. The fourth-order valence-electron chi connectivity index (χ4n) is 2.73. The molecule has 0 spiro atoms. The van der Waals surface area contributed by atoms with E-state index in [1.54, 1.807) is 0 Å². The minimum Gasteiger partial charge on any atom is -0.423 e. The van der Waals surface area contributed by atoms with Crippen LogP contribution in [0.1, 0.15) is 31.7 Å². The van der Waals surface area contributed by atoms with E-state index in [0.29, 0.717) is 5.46 Å². The normalized spacial score (nSPS) is 17.0. The number of rotatable bonds is 3. The first-order valence-electron chi connectivity index (χ1n) is 6.83. The van der Waals surface area contributed by atoms with Crippen molar-refractivity contribution in [3.05, 3.63) is 23.8 Å². The van der Waals surface area contributed by atoms with Gasteiger partial charge in [0.15, 0.2) is 0 Å². The van der Waals surface area contributed by atoms with E-state index in [0.717, 1.165) is 30.3 Å². The molecule has 0 atom stereocenters. The molecule has 2 rings (SSSR count). The van der Waals surface area contributed by atoms with Crippen LogP contribution in [0.3, 0.4) is 0 Å². The molecule has 98 valence electrons. The third kappa shape index (κ3) is 2.87. The molecule has 1 fully saturated rings. The van der Waals surface area contributed by atoms with Crippen LogP contribution in [0.15, 0.2) is 18.2 Å². The molecule has 4 heteroatoms. The first-order chi connectivity index (χ1) is 8.61. The monoisotopic (exact) mass is 247 g/mol. The second-order valence-electron chi connectivity index (χ2n) is 5.27. The van der Waals surface area contributed by atoms with Crippen molar-refractivity contribution in [1.82, 2.24) is 0 Å². The molecule has 0 radical (unpaired) electrons. The third-order valence-electron chi connectivity index (χ3n) is 4.00. The van der Waals surface area contributed by atoms with Gasteiger partial charge in [-0.05, 0) is 37.3 Å². The van der Waals surface area contributed by atoms with Crippen LogP contribution in [0.5, 0.6) is 0 Å². The SMILES string of the molecule is CCC1CCN(c2cc(C)ccc2B(O)O)CC1. The summed E-state index contributed by atoms with van der Waals surface area (Å²) in [7, 11) is -1.38. The highest BCUT2D eigenvalue weighted by Crippen LogP contribution is 2.24. The summed E-state index contributed by atoms with van der Waals surface area (Å²) < 4.78 is 0. The predicted molar refractivity (Wildman–Crippen MR) is 76.2 cm³/mol. The molecular formula is C14H22BNO2. The second kappa shape index (κ2) is 5.76. The summed E-state index contributed by atoms with van der Waals surface area (Å²) in [5.41, 5.74) is 2.77. The van der Waals surface area contributed by atoms with E-state index in [2.05, 4.69) is 17.9 Å². The first kappa shape index (κ1) is 13.4. The Bertz CT molecular complexity index is 401. The molecule has 1 aromatic rings. The summed E-state index contributed by atoms with van der Waals surface area (Å²) in [5.74, 6) is 0.827. The molecule has 3 nitrogen and oxygen atoms in total. The summed E-state index contributed by atoms with van der Waals surface area (Å²) in [6.45, 7) is 6.31. The van der Waals surface area contributed by atoms with E-state index in [4.69, 9.17) is 0 Å². The van der Waals surface area contributed by atoms with Crippen LogP contribution >= 0.6 is 0 Å². The standard InChI is InChI=1S/C14H22BNO2/c1-3-12-6-8-16(9-7-12)14-10-11(2)4-5-13(14)15(17)18/h4-5,10,12,17-18H,3,6-9H2,1-2H3. The fraction of sp³-hybridized carbons (Fsp3) is 0.571. The minimum atomic E-state index is -1.38. The van der Waals surface area contributed by atoms with Crippen molar-refractivity contribution in [2.24, 2.45) is 5.92 Å². The number of hydrogen-bond donors (Lipinski definition) is 2. The van der Waals surface area contributed by atoms with Crippen LogP contribution in [-0.2, 0) is 0 Å². The van der Waals surface area contributed by atoms with Crippen molar-refractivity contribution in [2.45, 2.75) is 33.1 Å². The van der Waals surface area contributed by atoms with Crippen molar-refractivity contribution in [2.75, 3.05) is 18.0 Å². The summed E-state index contributed by atoms with van der Waals surface area (Å²) in [4.78, 5) is 2.29. The Morgan fingerprint density at radius 1 is 1.28 bits per heavy atom. The van der Waals surface area contributed by atoms with Gasteiger partial charge in [0.1, 0.15) is 0 Å². The Kier molecular flexibility index (Phi) is 4.30. The van der Waals surface area contributed by atoms with Gasteiger partial charge in [-0.1, -0.05) is 25.5 Å². The van der Waals surface area contributed by atoms with E-state index in [-0.39, 0.29) is 0 Å². The summed E-state index contributed by atoms with van der Waals surface area (Å²) in [5, 5.41) is 18.9. The largest absolute Gasteiger partial charge is 0.490 e. The Balaban J connectivity index is 2.20. The van der Waals surface area contributed by atoms with Crippen LogP contribution in [0, 0.1) is 12.8 Å². The number of anilines is 1. The average molecular weight is 247 g/mol. The third-order valence-corrected chi connectivity index (χ3v) is 4.00. The maximum Gasteiger partial charge on any atom is 0.490 e. The topological polar surface area (TPSA) is 43.7 Å². The van der Waals surface area contributed by atoms with Gasteiger partial charge in [0, 0.05) is 24.2 Å². The minimum absolute atomic E-state index is 0.621. The molecule has 2 N–H and O–H groups in total. The number of piperidine rings is 1. The van der Waals surface area contributed by atoms with Gasteiger partial charge in [-0.25, -0.2) is 0 Å². The van der Waals surface area contributed by atoms with Gasteiger partial charge in [-0.3, -0.25) is 0 Å². The number of hydrogen-bond acceptors (Lipinski definition) is 3. The zero-order chi connectivity index (χ0) is 13.1. The molecule has 0 saturated carbocycles. The lowest BCUT2D eigenvalue weighted by molar-refractivity contribution is 0.394. The molecule has 0 aliphatic carbocycles. The molecule has 0 amide bonds. The van der Waals surface area contributed by atoms with E-state index in [1.807, 2.05) is 19.1 Å². The molecule has 1 aliphatic heterocycles. The molecule has 0 aromatic heterocycles. The van der Waals surface area contributed by atoms with Crippen LogP contribution in [0.4, 0.5) is 5.69 Å². The van der Waals surface area contributed by atoms with Gasteiger partial charge in [-0.15, -0.1) is 0 Å². The van der Waals surface area contributed by atoms with E-state index in [1.165, 1.54) is 19.3 Å². The molecule has 0 unspecified atom stereocenters. The molecule has 1 heterocycles. The van der Waals surface area contributed by atoms with Gasteiger partial charge in [0.25, 0.3) is 0 Å². The van der Waals surface area contributed by atoms with Crippen molar-refractivity contribution in [3.63, 3.8) is 0 Å². The zero-order valence-electron chi connectivity index (χ0n) is 11.3. The van der Waals surface area contributed by atoms with Crippen LogP contribution in [0.2, 0.25) is 0 Å². The maximum atomic E-state index is 9.45. The highest BCUT2D eigenvalue weighted by Gasteiger charge is 2.23. The molecule has 1 aromatic carbocycles. The van der Waals surface area contributed by atoms with Gasteiger partial charge >= 0.3 is 7.12 Å². The highest BCUT2D eigenvalue weighted by molar-refractivity contribution is 6.60. The molecular weight excluding hydrogens is 225 g/mol. The smallest absolute Gasteiger partial charge is 0.423 e. The zero-order valence-corrected chi connectivity index (χ0v) is 11.3. The van der Waals surface area contributed by atoms with E-state index >= 15 is 0 Å². The van der Waals surface area contributed by atoms with Crippen molar-refractivity contribution in [3.8, 4) is 0 Å². The molecule has 0 bridgehead atoms. The summed E-state index contributed by atoms with van der Waals surface area (Å²) >= 11 is 0. The molecule has 18 heavy (non-hydrogen) atoms. The van der Waals surface area contributed by atoms with Crippen LogP contribution in [-0.4, -0.2) is 30.3 Å². The van der Waals surface area contributed by atoms with Crippen molar-refractivity contribution >= 4 is 18.3 Å². The number of nitrogens with zero attached hydrogens (tertiary/aromatic N) is 1. The second-order valence-corrected chi connectivity index (χ2v) is 5.27. The quantitative estimate of drug-likeness (QED) is 0.791. The van der Waals surface area contributed by atoms with Gasteiger partial charge in [0.2, 0.25) is 0 Å². The van der Waals surface area contributed by atoms with Gasteiger partial charge in [-0.2, -0.15) is 0 Å². The summed E-state index contributed by atoms with van der Waals surface area (Å²) in [6, 6.07) is 5.80. The fourth-order valence-corrected chi connectivity index (χ4v) is 2.73. The lowest BCUT2D eigenvalue weighted by Crippen LogP contribution is -2.41. The molecule has 1 aliphatic rings. The van der Waals surface area contributed by atoms with Crippen molar-refractivity contribution < 1.29 is 10.0 Å². The lowest BCUT2D eigenvalue weighted by atomic mass is 9.77. The lowest BCUT2D eigenvalue weighted by Gasteiger charge is -2.34.